The van der Waals surface area contributed by atoms with Crippen LogP contribution in [0, 0.1) is 6.92 Å². The van der Waals surface area contributed by atoms with Crippen LogP contribution in [0.1, 0.15) is 12.5 Å². The summed E-state index contributed by atoms with van der Waals surface area (Å²) in [6.07, 6.45) is 0. The average Bonchev–Trinajstić information content (AvgIpc) is 2.14. The quantitative estimate of drug-likeness (QED) is 0.617. The molecule has 0 heterocycles. The zero-order chi connectivity index (χ0) is 12.3. The summed E-state index contributed by atoms with van der Waals surface area (Å²) in [6.45, 7) is 7.36. The minimum atomic E-state index is -3.47. The Morgan fingerprint density at radius 2 is 2.12 bits per heavy atom. The normalized spacial score (nSPS) is 11.4. The number of hydrogen-bond donors (Lipinski definition) is 2. The molecule has 0 fully saturated rings. The summed E-state index contributed by atoms with van der Waals surface area (Å²) in [5, 5.41) is 0. The van der Waals surface area contributed by atoms with Crippen molar-refractivity contribution in [3.8, 4) is 0 Å². The highest BCUT2D eigenvalue weighted by molar-refractivity contribution is 7.89. The topological polar surface area (TPSA) is 72.2 Å². The van der Waals surface area contributed by atoms with Crippen LogP contribution in [0.3, 0.4) is 0 Å². The third-order valence-corrected chi connectivity index (χ3v) is 3.61. The third-order valence-electron chi connectivity index (χ3n) is 2.05. The second-order valence-electron chi connectivity index (χ2n) is 3.81. The van der Waals surface area contributed by atoms with Gasteiger partial charge in [-0.15, -0.1) is 0 Å². The molecular weight excluding hydrogens is 224 g/mol. The number of sulfonamides is 1. The molecule has 0 aliphatic carbocycles. The van der Waals surface area contributed by atoms with Gasteiger partial charge < -0.3 is 5.73 Å². The van der Waals surface area contributed by atoms with Crippen molar-refractivity contribution in [2.24, 2.45) is 0 Å². The van der Waals surface area contributed by atoms with Crippen molar-refractivity contribution in [1.82, 2.24) is 4.72 Å². The third kappa shape index (κ3) is 3.08. The van der Waals surface area contributed by atoms with E-state index in [9.17, 15) is 8.42 Å². The molecule has 1 aromatic rings. The van der Waals surface area contributed by atoms with E-state index in [0.29, 0.717) is 11.3 Å². The van der Waals surface area contributed by atoms with Crippen LogP contribution in [0.25, 0.3) is 0 Å². The molecule has 16 heavy (non-hydrogen) atoms. The van der Waals surface area contributed by atoms with Gasteiger partial charge in [-0.1, -0.05) is 12.2 Å². The molecule has 0 unspecified atom stereocenters. The van der Waals surface area contributed by atoms with Crippen LogP contribution < -0.4 is 10.5 Å². The predicted octanol–water partition coefficient (Wildman–Crippen LogP) is 1.43. The molecule has 0 spiro atoms. The molecule has 0 saturated carbocycles. The van der Waals surface area contributed by atoms with Crippen molar-refractivity contribution < 1.29 is 8.42 Å². The molecule has 88 valence electrons. The average molecular weight is 240 g/mol. The Kier molecular flexibility index (Phi) is 3.72. The summed E-state index contributed by atoms with van der Waals surface area (Å²) in [6, 6.07) is 4.71. The van der Waals surface area contributed by atoms with E-state index in [-0.39, 0.29) is 11.4 Å². The van der Waals surface area contributed by atoms with E-state index in [1.807, 2.05) is 0 Å². The van der Waals surface area contributed by atoms with Gasteiger partial charge in [0.25, 0.3) is 0 Å². The van der Waals surface area contributed by atoms with Crippen molar-refractivity contribution in [2.75, 3.05) is 12.3 Å². The number of rotatable bonds is 4. The van der Waals surface area contributed by atoms with E-state index in [0.717, 1.165) is 5.57 Å². The van der Waals surface area contributed by atoms with Gasteiger partial charge in [0.1, 0.15) is 0 Å². The zero-order valence-corrected chi connectivity index (χ0v) is 10.3. The van der Waals surface area contributed by atoms with Crippen molar-refractivity contribution >= 4 is 15.7 Å². The SMILES string of the molecule is C=C(C)CNS(=O)(=O)c1ccc(N)cc1C. The molecule has 0 amide bonds. The van der Waals surface area contributed by atoms with Gasteiger partial charge in [0.15, 0.2) is 0 Å². The zero-order valence-electron chi connectivity index (χ0n) is 9.45. The lowest BCUT2D eigenvalue weighted by Gasteiger charge is -2.09. The number of benzene rings is 1. The van der Waals surface area contributed by atoms with E-state index < -0.39 is 10.0 Å². The van der Waals surface area contributed by atoms with Gasteiger partial charge in [-0.3, -0.25) is 0 Å². The Labute approximate surface area is 96.2 Å². The van der Waals surface area contributed by atoms with Gasteiger partial charge >= 0.3 is 0 Å². The second-order valence-corrected chi connectivity index (χ2v) is 5.54. The van der Waals surface area contributed by atoms with E-state index in [4.69, 9.17) is 5.73 Å². The largest absolute Gasteiger partial charge is 0.399 e. The Morgan fingerprint density at radius 1 is 1.50 bits per heavy atom. The smallest absolute Gasteiger partial charge is 0.241 e. The van der Waals surface area contributed by atoms with Gasteiger partial charge in [0.05, 0.1) is 4.90 Å². The van der Waals surface area contributed by atoms with Crippen LogP contribution in [0.5, 0.6) is 0 Å². The minimum absolute atomic E-state index is 0.242. The van der Waals surface area contributed by atoms with Gasteiger partial charge in [-0.05, 0) is 37.6 Å². The Bertz CT molecular complexity index is 507. The molecule has 5 heteroatoms. The lowest BCUT2D eigenvalue weighted by molar-refractivity contribution is 0.584. The summed E-state index contributed by atoms with van der Waals surface area (Å²) in [7, 11) is -3.47. The number of nitrogen functional groups attached to an aromatic ring is 1. The second kappa shape index (κ2) is 4.67. The molecule has 0 bridgehead atoms. The first-order valence-electron chi connectivity index (χ1n) is 4.83. The van der Waals surface area contributed by atoms with E-state index >= 15 is 0 Å². The summed E-state index contributed by atoms with van der Waals surface area (Å²) >= 11 is 0. The van der Waals surface area contributed by atoms with E-state index in [1.165, 1.54) is 6.07 Å². The Morgan fingerprint density at radius 3 is 2.62 bits per heavy atom. The molecule has 1 rings (SSSR count). The fourth-order valence-electron chi connectivity index (χ4n) is 1.27. The molecule has 0 atom stereocenters. The fraction of sp³-hybridized carbons (Fsp3) is 0.273. The molecule has 0 radical (unpaired) electrons. The van der Waals surface area contributed by atoms with Crippen molar-refractivity contribution in [2.45, 2.75) is 18.7 Å². The van der Waals surface area contributed by atoms with Gasteiger partial charge in [0.2, 0.25) is 10.0 Å². The van der Waals surface area contributed by atoms with Crippen LogP contribution in [-0.4, -0.2) is 15.0 Å². The first-order chi connectivity index (χ1) is 7.33. The highest BCUT2D eigenvalue weighted by Gasteiger charge is 2.15. The molecule has 0 saturated heterocycles. The molecule has 3 N–H and O–H groups in total. The molecule has 1 aromatic carbocycles. The van der Waals surface area contributed by atoms with Crippen molar-refractivity contribution in [1.29, 1.82) is 0 Å². The Hall–Kier alpha value is -1.33. The van der Waals surface area contributed by atoms with Crippen molar-refractivity contribution in [3.05, 3.63) is 35.9 Å². The number of anilines is 1. The van der Waals surface area contributed by atoms with Crippen LogP contribution in [0.4, 0.5) is 5.69 Å². The first-order valence-corrected chi connectivity index (χ1v) is 6.31. The minimum Gasteiger partial charge on any atom is -0.399 e. The van der Waals surface area contributed by atoms with Gasteiger partial charge in [-0.25, -0.2) is 13.1 Å². The molecule has 4 nitrogen and oxygen atoms in total. The highest BCUT2D eigenvalue weighted by atomic mass is 32.2. The first kappa shape index (κ1) is 12.7. The fourth-order valence-corrected chi connectivity index (χ4v) is 2.59. The number of nitrogens with one attached hydrogen (secondary N) is 1. The van der Waals surface area contributed by atoms with Crippen LogP contribution in [-0.2, 0) is 10.0 Å². The van der Waals surface area contributed by atoms with Gasteiger partial charge in [-0.2, -0.15) is 0 Å². The lowest BCUT2D eigenvalue weighted by Crippen LogP contribution is -2.25. The molecule has 0 aromatic heterocycles. The number of nitrogens with two attached hydrogens (primary N) is 1. The predicted molar refractivity (Wildman–Crippen MR) is 65.6 cm³/mol. The summed E-state index contributed by atoms with van der Waals surface area (Å²) < 4.78 is 26.2. The standard InChI is InChI=1S/C11H16N2O2S/c1-8(2)7-13-16(14,15)11-5-4-10(12)6-9(11)3/h4-6,13H,1,7,12H2,2-3H3. The summed E-state index contributed by atoms with van der Waals surface area (Å²) in [5.41, 5.74) is 7.51. The number of aryl methyl sites for hydroxylation is 1. The van der Waals surface area contributed by atoms with Gasteiger partial charge in [0, 0.05) is 12.2 Å². The lowest BCUT2D eigenvalue weighted by atomic mass is 10.2. The summed E-state index contributed by atoms with van der Waals surface area (Å²) in [4.78, 5) is 0.253. The van der Waals surface area contributed by atoms with Crippen molar-refractivity contribution in [3.63, 3.8) is 0 Å². The van der Waals surface area contributed by atoms with Crippen LogP contribution in [0.15, 0.2) is 35.2 Å². The molecule has 0 aliphatic rings. The number of hydrogen-bond acceptors (Lipinski definition) is 3. The van der Waals surface area contributed by atoms with E-state index in [2.05, 4.69) is 11.3 Å². The van der Waals surface area contributed by atoms with E-state index in [1.54, 1.807) is 26.0 Å². The summed E-state index contributed by atoms with van der Waals surface area (Å²) in [5.74, 6) is 0. The molecular formula is C11H16N2O2S. The van der Waals surface area contributed by atoms with Crippen LogP contribution in [0.2, 0.25) is 0 Å². The maximum Gasteiger partial charge on any atom is 0.241 e. The highest BCUT2D eigenvalue weighted by Crippen LogP contribution is 2.17. The maximum atomic E-state index is 11.9. The monoisotopic (exact) mass is 240 g/mol. The Balaban J connectivity index is 3.03. The van der Waals surface area contributed by atoms with Crippen LogP contribution >= 0.6 is 0 Å². The molecule has 0 aliphatic heterocycles. The maximum absolute atomic E-state index is 11.9.